The fraction of sp³-hybridized carbons (Fsp3) is 0.562. The molecule has 0 radical (unpaired) electrons. The van der Waals surface area contributed by atoms with Crippen LogP contribution in [0.2, 0.25) is 0 Å². The zero-order chi connectivity index (χ0) is 15.4. The van der Waals surface area contributed by atoms with Crippen LogP contribution in [0, 0.1) is 17.7 Å². The number of rotatable bonds is 5. The van der Waals surface area contributed by atoms with Crippen LogP contribution in [0.1, 0.15) is 44.2 Å². The maximum atomic E-state index is 13.9. The van der Waals surface area contributed by atoms with E-state index in [0.717, 1.165) is 36.7 Å². The van der Waals surface area contributed by atoms with Crippen LogP contribution in [-0.4, -0.2) is 17.6 Å². The van der Waals surface area contributed by atoms with Gasteiger partial charge < -0.3 is 10.4 Å². The maximum absolute atomic E-state index is 13.9. The van der Waals surface area contributed by atoms with E-state index in [-0.39, 0.29) is 17.8 Å². The second-order valence-corrected chi connectivity index (χ2v) is 6.77. The highest BCUT2D eigenvalue weighted by molar-refractivity contribution is 9.10. The number of carboxylic acid groups (broad SMARTS) is 1. The second-order valence-electron chi connectivity index (χ2n) is 5.85. The average molecular weight is 358 g/mol. The van der Waals surface area contributed by atoms with Gasteiger partial charge in [0.2, 0.25) is 0 Å². The van der Waals surface area contributed by atoms with Gasteiger partial charge in [-0.15, -0.1) is 0 Å². The monoisotopic (exact) mass is 357 g/mol. The molecule has 0 saturated heterocycles. The minimum Gasteiger partial charge on any atom is -0.481 e. The summed E-state index contributed by atoms with van der Waals surface area (Å²) < 4.78 is 14.6. The zero-order valence-electron chi connectivity index (χ0n) is 12.1. The second kappa shape index (κ2) is 7.36. The van der Waals surface area contributed by atoms with Crippen LogP contribution >= 0.6 is 15.9 Å². The third-order valence-corrected chi connectivity index (χ3v) is 4.83. The summed E-state index contributed by atoms with van der Waals surface area (Å²) in [7, 11) is 0. The number of hydrogen-bond donors (Lipinski definition) is 2. The summed E-state index contributed by atoms with van der Waals surface area (Å²) in [4.78, 5) is 10.9. The fourth-order valence-electron chi connectivity index (χ4n) is 2.92. The van der Waals surface area contributed by atoms with Crippen molar-refractivity contribution in [2.75, 3.05) is 6.54 Å². The van der Waals surface area contributed by atoms with Crippen molar-refractivity contribution in [2.24, 2.45) is 11.8 Å². The van der Waals surface area contributed by atoms with Crippen molar-refractivity contribution in [3.8, 4) is 0 Å². The number of benzene rings is 1. The highest BCUT2D eigenvalue weighted by Crippen LogP contribution is 2.29. The lowest BCUT2D eigenvalue weighted by Gasteiger charge is -2.27. The maximum Gasteiger partial charge on any atom is 0.306 e. The van der Waals surface area contributed by atoms with Crippen molar-refractivity contribution >= 4 is 21.9 Å². The Kier molecular flexibility index (Phi) is 5.76. The Bertz CT molecular complexity index is 501. The molecule has 116 valence electrons. The highest BCUT2D eigenvalue weighted by atomic mass is 79.9. The lowest BCUT2D eigenvalue weighted by atomic mass is 9.82. The molecule has 1 aromatic carbocycles. The predicted octanol–water partition coefficient (Wildman–Crippen LogP) is 4.13. The molecule has 0 aliphatic heterocycles. The summed E-state index contributed by atoms with van der Waals surface area (Å²) in [5, 5.41) is 12.4. The van der Waals surface area contributed by atoms with Crippen molar-refractivity contribution in [3.63, 3.8) is 0 Å². The van der Waals surface area contributed by atoms with E-state index in [0.29, 0.717) is 11.5 Å². The van der Waals surface area contributed by atoms with Gasteiger partial charge in [0.25, 0.3) is 0 Å². The third-order valence-electron chi connectivity index (χ3n) is 4.34. The smallest absolute Gasteiger partial charge is 0.306 e. The molecule has 21 heavy (non-hydrogen) atoms. The van der Waals surface area contributed by atoms with Gasteiger partial charge >= 0.3 is 5.97 Å². The molecule has 1 atom stereocenters. The van der Waals surface area contributed by atoms with Gasteiger partial charge in [0, 0.05) is 16.1 Å². The molecule has 0 spiro atoms. The molecule has 0 amide bonds. The molecule has 1 aromatic rings. The number of carboxylic acids is 1. The molecule has 2 rings (SSSR count). The molecule has 1 aliphatic carbocycles. The minimum atomic E-state index is -0.674. The fourth-order valence-corrected chi connectivity index (χ4v) is 3.25. The Morgan fingerprint density at radius 1 is 1.43 bits per heavy atom. The van der Waals surface area contributed by atoms with Crippen LogP contribution < -0.4 is 5.32 Å². The molecule has 1 unspecified atom stereocenters. The number of nitrogens with one attached hydrogen (secondary N) is 1. The number of halogens is 2. The molecule has 0 aromatic heterocycles. The first kappa shape index (κ1) is 16.4. The van der Waals surface area contributed by atoms with Crippen LogP contribution in [0.25, 0.3) is 0 Å². The molecular formula is C16H21BrFNO2. The van der Waals surface area contributed by atoms with Gasteiger partial charge in [-0.2, -0.15) is 0 Å². The number of aliphatic carboxylic acids is 1. The minimum absolute atomic E-state index is 0.0460. The Balaban J connectivity index is 1.82. The zero-order valence-corrected chi connectivity index (χ0v) is 13.7. The molecule has 1 fully saturated rings. The first-order valence-electron chi connectivity index (χ1n) is 7.38. The summed E-state index contributed by atoms with van der Waals surface area (Å²) >= 11 is 3.26. The molecule has 0 bridgehead atoms. The van der Waals surface area contributed by atoms with E-state index in [1.54, 1.807) is 6.07 Å². The van der Waals surface area contributed by atoms with E-state index in [1.807, 2.05) is 13.0 Å². The van der Waals surface area contributed by atoms with Gasteiger partial charge in [0.1, 0.15) is 5.82 Å². The van der Waals surface area contributed by atoms with Crippen LogP contribution in [0.15, 0.2) is 22.7 Å². The molecule has 3 nitrogen and oxygen atoms in total. The van der Waals surface area contributed by atoms with Crippen LogP contribution in [0.5, 0.6) is 0 Å². The van der Waals surface area contributed by atoms with Crippen molar-refractivity contribution in [1.29, 1.82) is 0 Å². The molecule has 1 saturated carbocycles. The van der Waals surface area contributed by atoms with Crippen molar-refractivity contribution in [1.82, 2.24) is 5.32 Å². The number of carbonyl (C=O) groups is 1. The first-order chi connectivity index (χ1) is 9.97. The Morgan fingerprint density at radius 2 is 2.10 bits per heavy atom. The van der Waals surface area contributed by atoms with E-state index in [9.17, 15) is 9.18 Å². The standard InChI is InChI=1S/C16H21BrFNO2/c1-10(14-7-6-13(17)8-15(14)18)19-9-11-2-4-12(5-3-11)16(20)21/h6-8,10-12,19H,2-5,9H2,1H3,(H,20,21). The van der Waals surface area contributed by atoms with Gasteiger partial charge in [-0.05, 0) is 57.2 Å². The predicted molar refractivity (Wildman–Crippen MR) is 83.6 cm³/mol. The average Bonchev–Trinajstić information content (AvgIpc) is 2.45. The van der Waals surface area contributed by atoms with Gasteiger partial charge in [-0.1, -0.05) is 22.0 Å². The van der Waals surface area contributed by atoms with Crippen LogP contribution in [0.3, 0.4) is 0 Å². The SMILES string of the molecule is CC(NCC1CCC(C(=O)O)CC1)c1ccc(Br)cc1F. The van der Waals surface area contributed by atoms with Crippen molar-refractivity contribution in [2.45, 2.75) is 38.6 Å². The Morgan fingerprint density at radius 3 is 2.67 bits per heavy atom. The van der Waals surface area contributed by atoms with Gasteiger partial charge in [-0.3, -0.25) is 4.79 Å². The van der Waals surface area contributed by atoms with Crippen molar-refractivity contribution in [3.05, 3.63) is 34.1 Å². The van der Waals surface area contributed by atoms with E-state index in [2.05, 4.69) is 21.2 Å². The van der Waals surface area contributed by atoms with E-state index in [4.69, 9.17) is 5.11 Å². The normalized spacial score (nSPS) is 23.8. The Hall–Kier alpha value is -0.940. The summed E-state index contributed by atoms with van der Waals surface area (Å²) in [6.07, 6.45) is 3.37. The third kappa shape index (κ3) is 4.51. The molecule has 0 heterocycles. The summed E-state index contributed by atoms with van der Waals surface area (Å²) in [5.41, 5.74) is 0.664. The van der Waals surface area contributed by atoms with Gasteiger partial charge in [-0.25, -0.2) is 4.39 Å². The summed E-state index contributed by atoms with van der Waals surface area (Å²) in [5.74, 6) is -0.574. The first-order valence-corrected chi connectivity index (χ1v) is 8.17. The van der Waals surface area contributed by atoms with E-state index < -0.39 is 5.97 Å². The number of hydrogen-bond acceptors (Lipinski definition) is 2. The lowest BCUT2D eigenvalue weighted by Crippen LogP contribution is -2.30. The summed E-state index contributed by atoms with van der Waals surface area (Å²) in [6, 6.07) is 5.06. The van der Waals surface area contributed by atoms with Gasteiger partial charge in [0.15, 0.2) is 0 Å². The van der Waals surface area contributed by atoms with E-state index in [1.165, 1.54) is 6.07 Å². The molecule has 2 N–H and O–H groups in total. The lowest BCUT2D eigenvalue weighted by molar-refractivity contribution is -0.143. The van der Waals surface area contributed by atoms with Crippen molar-refractivity contribution < 1.29 is 14.3 Å². The largest absolute Gasteiger partial charge is 0.481 e. The van der Waals surface area contributed by atoms with Gasteiger partial charge in [0.05, 0.1) is 5.92 Å². The molecular weight excluding hydrogens is 337 g/mol. The van der Waals surface area contributed by atoms with Crippen LogP contribution in [0.4, 0.5) is 4.39 Å². The topological polar surface area (TPSA) is 49.3 Å². The van der Waals surface area contributed by atoms with E-state index >= 15 is 0 Å². The summed E-state index contributed by atoms with van der Waals surface area (Å²) in [6.45, 7) is 2.76. The molecule has 1 aliphatic rings. The Labute approximate surface area is 133 Å². The quantitative estimate of drug-likeness (QED) is 0.832. The molecule has 5 heteroatoms. The van der Waals surface area contributed by atoms with Crippen LogP contribution in [-0.2, 0) is 4.79 Å². The highest BCUT2D eigenvalue weighted by Gasteiger charge is 2.26.